The summed E-state index contributed by atoms with van der Waals surface area (Å²) >= 11 is 12.6. The van der Waals surface area contributed by atoms with Gasteiger partial charge in [0.15, 0.2) is 11.5 Å². The van der Waals surface area contributed by atoms with E-state index in [1.807, 2.05) is 0 Å². The molecule has 1 spiro atoms. The number of carbonyl (C=O) groups is 3. The van der Waals surface area contributed by atoms with Crippen molar-refractivity contribution >= 4 is 40.9 Å². The van der Waals surface area contributed by atoms with E-state index in [9.17, 15) is 32.7 Å². The van der Waals surface area contributed by atoms with Crippen molar-refractivity contribution in [3.8, 4) is 0 Å². The van der Waals surface area contributed by atoms with E-state index in [2.05, 4.69) is 5.10 Å². The molecule has 3 fully saturated rings. The third-order valence-corrected chi connectivity index (χ3v) is 9.78. The summed E-state index contributed by atoms with van der Waals surface area (Å²) in [6.07, 6.45) is 0.711. The van der Waals surface area contributed by atoms with Gasteiger partial charge in [-0.1, -0.05) is 23.2 Å². The minimum atomic E-state index is -4.90. The number of aliphatic carboxylic acids is 1. The summed E-state index contributed by atoms with van der Waals surface area (Å²) < 4.78 is 44.3. The molecule has 0 aliphatic heterocycles. The number of ketones is 1. The Kier molecular flexibility index (Phi) is 7.72. The molecule has 1 aromatic carbocycles. The van der Waals surface area contributed by atoms with Gasteiger partial charge >= 0.3 is 12.1 Å². The van der Waals surface area contributed by atoms with Gasteiger partial charge in [0, 0.05) is 6.54 Å². The minimum Gasteiger partial charge on any atom is -0.481 e. The molecule has 12 heteroatoms. The highest BCUT2D eigenvalue weighted by Crippen LogP contribution is 2.63. The summed E-state index contributed by atoms with van der Waals surface area (Å²) in [5.74, 6) is -2.40. The van der Waals surface area contributed by atoms with Gasteiger partial charge in [-0.3, -0.25) is 19.1 Å². The molecule has 7 nitrogen and oxygen atoms in total. The lowest BCUT2D eigenvalue weighted by Gasteiger charge is -2.39. The number of amides is 1. The highest BCUT2D eigenvalue weighted by atomic mass is 35.5. The van der Waals surface area contributed by atoms with Gasteiger partial charge in [0.1, 0.15) is 0 Å². The lowest BCUT2D eigenvalue weighted by Crippen LogP contribution is -2.43. The second-order valence-corrected chi connectivity index (χ2v) is 13.2. The summed E-state index contributed by atoms with van der Waals surface area (Å²) in [4.78, 5) is 40.0. The van der Waals surface area contributed by atoms with Crippen molar-refractivity contribution in [2.75, 3.05) is 13.1 Å². The number of aromatic nitrogens is 2. The molecule has 1 N–H and O–H groups in total. The Morgan fingerprint density at radius 2 is 1.68 bits per heavy atom. The van der Waals surface area contributed by atoms with Crippen molar-refractivity contribution in [1.29, 1.82) is 0 Å². The Labute approximate surface area is 246 Å². The zero-order valence-electron chi connectivity index (χ0n) is 22.9. The number of carboxylic acid groups (broad SMARTS) is 1. The van der Waals surface area contributed by atoms with Crippen LogP contribution in [0.5, 0.6) is 0 Å². The van der Waals surface area contributed by atoms with Crippen molar-refractivity contribution in [2.45, 2.75) is 77.4 Å². The van der Waals surface area contributed by atoms with Crippen molar-refractivity contribution in [3.05, 3.63) is 50.8 Å². The molecule has 0 unspecified atom stereocenters. The number of carboxylic acids is 1. The number of hydrogen-bond donors (Lipinski definition) is 1. The van der Waals surface area contributed by atoms with E-state index in [4.69, 9.17) is 23.2 Å². The molecular weight excluding hydrogens is 582 g/mol. The lowest BCUT2D eigenvalue weighted by molar-refractivity contribution is -0.152. The average molecular weight is 614 g/mol. The van der Waals surface area contributed by atoms with Crippen molar-refractivity contribution in [3.63, 3.8) is 0 Å². The van der Waals surface area contributed by atoms with E-state index in [1.165, 1.54) is 4.90 Å². The summed E-state index contributed by atoms with van der Waals surface area (Å²) in [5, 5.41) is 13.7. The van der Waals surface area contributed by atoms with Crippen LogP contribution in [0.15, 0.2) is 18.3 Å². The van der Waals surface area contributed by atoms with Crippen LogP contribution in [0.3, 0.4) is 0 Å². The average Bonchev–Trinajstić information content (AvgIpc) is 3.51. The number of carbonyl (C=O) groups excluding carboxylic acids is 2. The summed E-state index contributed by atoms with van der Waals surface area (Å²) in [7, 11) is 0. The van der Waals surface area contributed by atoms with E-state index in [-0.39, 0.29) is 53.8 Å². The van der Waals surface area contributed by atoms with Gasteiger partial charge < -0.3 is 10.0 Å². The molecule has 1 aromatic heterocycles. The van der Waals surface area contributed by atoms with Gasteiger partial charge in [0.2, 0.25) is 0 Å². The van der Waals surface area contributed by atoms with Gasteiger partial charge in [-0.05, 0) is 94.2 Å². The molecule has 5 rings (SSSR count). The fourth-order valence-corrected chi connectivity index (χ4v) is 7.38. The molecule has 3 aliphatic carbocycles. The molecule has 41 heavy (non-hydrogen) atoms. The first kappa shape index (κ1) is 29.9. The third kappa shape index (κ3) is 5.87. The number of Topliss-reactive ketones (excluding diaryl/α,β-unsaturated/α-hetero) is 1. The van der Waals surface area contributed by atoms with Crippen LogP contribution in [0.2, 0.25) is 10.0 Å². The van der Waals surface area contributed by atoms with Gasteiger partial charge in [-0.2, -0.15) is 18.3 Å². The maximum Gasteiger partial charge on any atom is 0.433 e. The second kappa shape index (κ2) is 10.6. The predicted molar refractivity (Wildman–Crippen MR) is 146 cm³/mol. The normalized spacial score (nSPS) is 23.7. The van der Waals surface area contributed by atoms with Gasteiger partial charge in [0.05, 0.1) is 45.4 Å². The number of benzene rings is 1. The molecule has 1 heterocycles. The van der Waals surface area contributed by atoms with E-state index < -0.39 is 53.1 Å². The SMILES string of the molecule is Cc1cc(Cl)c(C(=O)CN(CC2CC3(CC3)C2)C(=O)c2cnn(C3CCC(C)(C(=O)O)CC3)c2C(F)(F)F)c(Cl)c1. The fraction of sp³-hybridized carbons (Fsp3) is 0.586. The van der Waals surface area contributed by atoms with E-state index in [1.54, 1.807) is 26.0 Å². The molecule has 2 aromatic rings. The maximum atomic E-state index is 14.5. The van der Waals surface area contributed by atoms with Crippen LogP contribution in [0.1, 0.15) is 96.3 Å². The Bertz CT molecular complexity index is 1360. The molecule has 222 valence electrons. The molecular formula is C29H32Cl2F3N3O4. The number of halogens is 5. The van der Waals surface area contributed by atoms with Gasteiger partial charge in [0.25, 0.3) is 5.91 Å². The highest BCUT2D eigenvalue weighted by Gasteiger charge is 2.53. The Hall–Kier alpha value is -2.59. The number of hydrogen-bond acceptors (Lipinski definition) is 4. The maximum absolute atomic E-state index is 14.5. The van der Waals surface area contributed by atoms with Crippen LogP contribution < -0.4 is 0 Å². The Morgan fingerprint density at radius 3 is 2.20 bits per heavy atom. The predicted octanol–water partition coefficient (Wildman–Crippen LogP) is 7.24. The lowest BCUT2D eigenvalue weighted by atomic mass is 9.71. The number of nitrogens with zero attached hydrogens (tertiary/aromatic N) is 3. The number of aryl methyl sites for hydroxylation is 1. The first-order valence-corrected chi connectivity index (χ1v) is 14.5. The van der Waals surface area contributed by atoms with Crippen LogP contribution in [-0.2, 0) is 11.0 Å². The molecule has 3 saturated carbocycles. The monoisotopic (exact) mass is 613 g/mol. The van der Waals surface area contributed by atoms with Crippen LogP contribution in [-0.4, -0.2) is 50.5 Å². The highest BCUT2D eigenvalue weighted by molar-refractivity contribution is 6.40. The van der Waals surface area contributed by atoms with Crippen LogP contribution in [0.25, 0.3) is 0 Å². The van der Waals surface area contributed by atoms with Crippen molar-refractivity contribution < 1.29 is 32.7 Å². The van der Waals surface area contributed by atoms with Gasteiger partial charge in [-0.25, -0.2) is 0 Å². The molecule has 0 atom stereocenters. The molecule has 0 bridgehead atoms. The third-order valence-electron chi connectivity index (χ3n) is 9.18. The fourth-order valence-electron chi connectivity index (χ4n) is 6.58. The molecule has 1 amide bonds. The van der Waals surface area contributed by atoms with Gasteiger partial charge in [-0.15, -0.1) is 0 Å². The van der Waals surface area contributed by atoms with E-state index in [0.29, 0.717) is 5.41 Å². The van der Waals surface area contributed by atoms with E-state index >= 15 is 0 Å². The number of alkyl halides is 3. The smallest absolute Gasteiger partial charge is 0.433 e. The zero-order valence-corrected chi connectivity index (χ0v) is 24.4. The van der Waals surface area contributed by atoms with E-state index in [0.717, 1.165) is 42.1 Å². The zero-order chi connectivity index (χ0) is 29.9. The first-order valence-electron chi connectivity index (χ1n) is 13.8. The van der Waals surface area contributed by atoms with Crippen LogP contribution >= 0.6 is 23.2 Å². The Balaban J connectivity index is 1.44. The topological polar surface area (TPSA) is 92.5 Å². The van der Waals surface area contributed by atoms with Crippen LogP contribution in [0, 0.1) is 23.7 Å². The standard InChI is InChI=1S/C29H32Cl2F3N3O4/c1-16-9-20(30)23(21(31)10-16)22(38)15-36(14-17-11-28(12-17)7-8-28)25(39)19-13-35-37(24(19)29(32,33)34)18-3-5-27(2,6-4-18)26(40)41/h9-10,13,17-18H,3-8,11-12,14-15H2,1-2H3,(H,40,41). The second-order valence-electron chi connectivity index (χ2n) is 12.4. The largest absolute Gasteiger partial charge is 0.481 e. The first-order chi connectivity index (χ1) is 19.1. The quantitative estimate of drug-likeness (QED) is 0.317. The molecule has 3 aliphatic rings. The van der Waals surface area contributed by atoms with Crippen molar-refractivity contribution in [2.24, 2.45) is 16.7 Å². The summed E-state index contributed by atoms with van der Waals surface area (Å²) in [5.41, 5.74) is -1.76. The number of rotatable bonds is 8. The Morgan fingerprint density at radius 1 is 1.10 bits per heavy atom. The summed E-state index contributed by atoms with van der Waals surface area (Å²) in [6.45, 7) is 3.00. The minimum absolute atomic E-state index is 0.0273. The molecule has 0 saturated heterocycles. The molecule has 0 radical (unpaired) electrons. The van der Waals surface area contributed by atoms with Crippen molar-refractivity contribution in [1.82, 2.24) is 14.7 Å². The summed E-state index contributed by atoms with van der Waals surface area (Å²) in [6, 6.07) is 2.43. The van der Waals surface area contributed by atoms with Crippen LogP contribution in [0.4, 0.5) is 13.2 Å².